The van der Waals surface area contributed by atoms with Gasteiger partial charge in [0.15, 0.2) is 0 Å². The predicted octanol–water partition coefficient (Wildman–Crippen LogP) is 4.25. The van der Waals surface area contributed by atoms with Gasteiger partial charge in [0.2, 0.25) is 15.9 Å². The molecular formula is C28H37N3O3S. The highest BCUT2D eigenvalue weighted by molar-refractivity contribution is 7.92. The normalized spacial score (nSPS) is 20.8. The first-order valence-electron chi connectivity index (χ1n) is 12.7. The SMILES string of the molecule is C[C@H]1CCCN(Cc2ccc(CNC(=O)C3CCN(S(=O)(=O)/C=C/c4ccccc4)CC3)cc2)C1. The van der Waals surface area contributed by atoms with E-state index in [0.717, 1.165) is 23.6 Å². The number of carbonyl (C=O) groups is 1. The van der Waals surface area contributed by atoms with E-state index in [2.05, 4.69) is 41.4 Å². The van der Waals surface area contributed by atoms with Crippen LogP contribution in [0.25, 0.3) is 6.08 Å². The maximum atomic E-state index is 12.7. The first kappa shape index (κ1) is 25.6. The van der Waals surface area contributed by atoms with Gasteiger partial charge in [-0.1, -0.05) is 61.5 Å². The average Bonchev–Trinajstić information content (AvgIpc) is 2.88. The van der Waals surface area contributed by atoms with Crippen molar-refractivity contribution in [1.29, 1.82) is 0 Å². The third kappa shape index (κ3) is 7.50. The van der Waals surface area contributed by atoms with Crippen molar-refractivity contribution in [3.05, 3.63) is 76.7 Å². The summed E-state index contributed by atoms with van der Waals surface area (Å²) in [5.74, 6) is 0.629. The predicted molar refractivity (Wildman–Crippen MR) is 141 cm³/mol. The third-order valence-corrected chi connectivity index (χ3v) is 8.62. The Morgan fingerprint density at radius 3 is 2.34 bits per heavy atom. The van der Waals surface area contributed by atoms with E-state index in [4.69, 9.17) is 0 Å². The molecule has 0 aromatic heterocycles. The van der Waals surface area contributed by atoms with E-state index < -0.39 is 10.0 Å². The van der Waals surface area contributed by atoms with Crippen LogP contribution in [0.1, 0.15) is 49.3 Å². The van der Waals surface area contributed by atoms with E-state index in [-0.39, 0.29) is 11.8 Å². The standard InChI is InChI=1S/C28H37N3O3S/c1-23-6-5-16-30(21-23)22-26-11-9-25(10-12-26)20-29-28(32)27-13-17-31(18-14-27)35(33,34)19-15-24-7-3-2-4-8-24/h2-4,7-12,15,19,23,27H,5-6,13-14,16-18,20-22H2,1H3,(H,29,32)/b19-15+/t23-/m0/s1. The molecule has 0 radical (unpaired) electrons. The molecule has 188 valence electrons. The molecule has 2 aliphatic rings. The van der Waals surface area contributed by atoms with E-state index in [1.165, 1.54) is 41.2 Å². The van der Waals surface area contributed by atoms with Gasteiger partial charge >= 0.3 is 0 Å². The Kier molecular flexibility index (Phi) is 8.76. The summed E-state index contributed by atoms with van der Waals surface area (Å²) in [7, 11) is -3.49. The number of carbonyl (C=O) groups excluding carboxylic acids is 1. The molecule has 1 atom stereocenters. The van der Waals surface area contributed by atoms with E-state index in [1.54, 1.807) is 6.08 Å². The Bertz CT molecular complexity index is 1090. The molecule has 2 aromatic rings. The molecule has 7 heteroatoms. The highest BCUT2D eigenvalue weighted by Crippen LogP contribution is 2.22. The molecule has 1 amide bonds. The van der Waals surface area contributed by atoms with Gasteiger partial charge in [-0.05, 0) is 60.9 Å². The molecule has 2 fully saturated rings. The Morgan fingerprint density at radius 1 is 0.971 bits per heavy atom. The van der Waals surface area contributed by atoms with Crippen LogP contribution in [0, 0.1) is 11.8 Å². The maximum Gasteiger partial charge on any atom is 0.236 e. The number of piperidine rings is 2. The van der Waals surface area contributed by atoms with Crippen molar-refractivity contribution in [2.24, 2.45) is 11.8 Å². The van der Waals surface area contributed by atoms with E-state index >= 15 is 0 Å². The summed E-state index contributed by atoms with van der Waals surface area (Å²) in [4.78, 5) is 15.2. The molecular weight excluding hydrogens is 458 g/mol. The second kappa shape index (κ2) is 12.0. The average molecular weight is 496 g/mol. The molecule has 4 rings (SSSR count). The molecule has 35 heavy (non-hydrogen) atoms. The number of sulfonamides is 1. The summed E-state index contributed by atoms with van der Waals surface area (Å²) >= 11 is 0. The highest BCUT2D eigenvalue weighted by Gasteiger charge is 2.29. The van der Waals surface area contributed by atoms with Crippen LogP contribution < -0.4 is 5.32 Å². The molecule has 2 heterocycles. The molecule has 0 bridgehead atoms. The van der Waals surface area contributed by atoms with Crippen molar-refractivity contribution < 1.29 is 13.2 Å². The van der Waals surface area contributed by atoms with Crippen molar-refractivity contribution in [1.82, 2.24) is 14.5 Å². The lowest BCUT2D eigenvalue weighted by Crippen LogP contribution is -2.42. The summed E-state index contributed by atoms with van der Waals surface area (Å²) in [6, 6.07) is 17.9. The minimum absolute atomic E-state index is 0.00764. The van der Waals surface area contributed by atoms with Crippen LogP contribution in [0.3, 0.4) is 0 Å². The van der Waals surface area contributed by atoms with Crippen LogP contribution >= 0.6 is 0 Å². The van der Waals surface area contributed by atoms with Gasteiger partial charge in [0.25, 0.3) is 0 Å². The topological polar surface area (TPSA) is 69.7 Å². The molecule has 0 spiro atoms. The third-order valence-electron chi connectivity index (χ3n) is 7.05. The van der Waals surface area contributed by atoms with Crippen molar-refractivity contribution in [3.63, 3.8) is 0 Å². The molecule has 0 unspecified atom stereocenters. The van der Waals surface area contributed by atoms with Crippen molar-refractivity contribution in [2.75, 3.05) is 26.2 Å². The summed E-state index contributed by atoms with van der Waals surface area (Å²) in [6.45, 7) is 6.88. The summed E-state index contributed by atoms with van der Waals surface area (Å²) in [6.07, 6.45) is 5.30. The van der Waals surface area contributed by atoms with Crippen molar-refractivity contribution in [2.45, 2.75) is 45.7 Å². The van der Waals surface area contributed by atoms with E-state index in [9.17, 15) is 13.2 Å². The Balaban J connectivity index is 1.21. The molecule has 2 aliphatic heterocycles. The number of amides is 1. The Hall–Kier alpha value is -2.48. The number of rotatable bonds is 8. The first-order chi connectivity index (χ1) is 16.9. The van der Waals surface area contributed by atoms with Crippen LogP contribution in [0.4, 0.5) is 0 Å². The molecule has 1 N–H and O–H groups in total. The van der Waals surface area contributed by atoms with Gasteiger partial charge in [0, 0.05) is 44.0 Å². The molecule has 0 aliphatic carbocycles. The van der Waals surface area contributed by atoms with Gasteiger partial charge in [-0.15, -0.1) is 0 Å². The van der Waals surface area contributed by atoms with Crippen LogP contribution in [-0.2, 0) is 27.9 Å². The Labute approximate surface area is 210 Å². The van der Waals surface area contributed by atoms with Gasteiger partial charge in [-0.3, -0.25) is 9.69 Å². The second-order valence-electron chi connectivity index (χ2n) is 9.95. The quantitative estimate of drug-likeness (QED) is 0.595. The highest BCUT2D eigenvalue weighted by atomic mass is 32.2. The fourth-order valence-electron chi connectivity index (χ4n) is 4.97. The number of nitrogens with one attached hydrogen (secondary N) is 1. The smallest absolute Gasteiger partial charge is 0.236 e. The largest absolute Gasteiger partial charge is 0.352 e. The van der Waals surface area contributed by atoms with Gasteiger partial charge in [0.1, 0.15) is 0 Å². The fourth-order valence-corrected chi connectivity index (χ4v) is 6.19. The number of benzene rings is 2. The molecule has 2 saturated heterocycles. The minimum atomic E-state index is -3.49. The summed E-state index contributed by atoms with van der Waals surface area (Å²) in [5.41, 5.74) is 3.24. The lowest BCUT2D eigenvalue weighted by atomic mass is 9.97. The second-order valence-corrected chi connectivity index (χ2v) is 11.8. The fraction of sp³-hybridized carbons (Fsp3) is 0.464. The van der Waals surface area contributed by atoms with Crippen molar-refractivity contribution >= 4 is 22.0 Å². The number of hydrogen-bond acceptors (Lipinski definition) is 4. The lowest BCUT2D eigenvalue weighted by Gasteiger charge is -2.30. The van der Waals surface area contributed by atoms with Gasteiger partial charge in [0.05, 0.1) is 0 Å². The van der Waals surface area contributed by atoms with Crippen LogP contribution in [0.2, 0.25) is 0 Å². The number of likely N-dealkylation sites (tertiary alicyclic amines) is 1. The Morgan fingerprint density at radius 2 is 1.66 bits per heavy atom. The maximum absolute atomic E-state index is 12.7. The van der Waals surface area contributed by atoms with E-state index in [0.29, 0.717) is 32.5 Å². The lowest BCUT2D eigenvalue weighted by molar-refractivity contribution is -0.126. The zero-order valence-corrected chi connectivity index (χ0v) is 21.4. The zero-order chi connectivity index (χ0) is 24.7. The molecule has 6 nitrogen and oxygen atoms in total. The molecule has 0 saturated carbocycles. The summed E-state index contributed by atoms with van der Waals surface area (Å²) < 4.78 is 26.8. The van der Waals surface area contributed by atoms with Gasteiger partial charge in [-0.2, -0.15) is 4.31 Å². The van der Waals surface area contributed by atoms with Gasteiger partial charge < -0.3 is 5.32 Å². The van der Waals surface area contributed by atoms with E-state index in [1.807, 2.05) is 30.3 Å². The number of hydrogen-bond donors (Lipinski definition) is 1. The summed E-state index contributed by atoms with van der Waals surface area (Å²) in [5, 5.41) is 4.31. The number of nitrogens with zero attached hydrogens (tertiary/aromatic N) is 2. The molecule has 2 aromatic carbocycles. The van der Waals surface area contributed by atoms with Crippen LogP contribution in [0.5, 0.6) is 0 Å². The van der Waals surface area contributed by atoms with Gasteiger partial charge in [-0.25, -0.2) is 8.42 Å². The zero-order valence-electron chi connectivity index (χ0n) is 20.6. The first-order valence-corrected chi connectivity index (χ1v) is 14.2. The monoisotopic (exact) mass is 495 g/mol. The van der Waals surface area contributed by atoms with Crippen molar-refractivity contribution in [3.8, 4) is 0 Å². The minimum Gasteiger partial charge on any atom is -0.352 e. The van der Waals surface area contributed by atoms with Crippen LogP contribution in [-0.4, -0.2) is 49.7 Å². The van der Waals surface area contributed by atoms with Crippen LogP contribution in [0.15, 0.2) is 60.0 Å².